The average Bonchev–Trinajstić information content (AvgIpc) is 3.13. The average molecular weight is 625 g/mol. The van der Waals surface area contributed by atoms with Gasteiger partial charge in [-0.15, -0.1) is 0 Å². The molecule has 0 atom stereocenters. The molecule has 0 unspecified atom stereocenters. The van der Waals surface area contributed by atoms with E-state index in [9.17, 15) is 18.4 Å². The lowest BCUT2D eigenvalue weighted by Crippen LogP contribution is -2.49. The number of carbonyl (C=O) groups excluding carboxylic acids is 2. The molecule has 0 saturated heterocycles. The van der Waals surface area contributed by atoms with Crippen LogP contribution in [0.4, 0.5) is 13.6 Å². The van der Waals surface area contributed by atoms with E-state index in [0.29, 0.717) is 43.9 Å². The smallest absolute Gasteiger partial charge is 0.451 e. The lowest BCUT2D eigenvalue weighted by molar-refractivity contribution is -0.0691. The van der Waals surface area contributed by atoms with Gasteiger partial charge in [-0.05, 0) is 73.7 Å². The number of benzene rings is 2. The second-order valence-electron chi connectivity index (χ2n) is 10.2. The van der Waals surface area contributed by atoms with Crippen molar-refractivity contribution in [3.63, 3.8) is 0 Å². The Bertz CT molecular complexity index is 1220. The molecule has 2 aromatic rings. The zero-order chi connectivity index (χ0) is 27.0. The van der Waals surface area contributed by atoms with Crippen LogP contribution in [0.15, 0.2) is 42.5 Å². The van der Waals surface area contributed by atoms with Gasteiger partial charge in [-0.3, -0.25) is 4.79 Å². The van der Waals surface area contributed by atoms with Crippen LogP contribution in [0.2, 0.25) is 0 Å². The molecule has 0 aliphatic carbocycles. The third kappa shape index (κ3) is 6.71. The fourth-order valence-corrected chi connectivity index (χ4v) is 4.74. The van der Waals surface area contributed by atoms with Crippen LogP contribution in [0.5, 0.6) is 11.5 Å². The lowest BCUT2D eigenvalue weighted by Gasteiger charge is -2.30. The summed E-state index contributed by atoms with van der Waals surface area (Å²) in [6.45, 7) is 7.70. The van der Waals surface area contributed by atoms with Crippen LogP contribution in [0, 0.1) is 0 Å². The molecule has 0 radical (unpaired) electrons. The summed E-state index contributed by atoms with van der Waals surface area (Å²) >= 11 is 0.921. The minimum absolute atomic E-state index is 0.0562. The maximum Gasteiger partial charge on any atom is 0.451 e. The molecular weight excluding hydrogens is 595 g/mol. The summed E-state index contributed by atoms with van der Waals surface area (Å²) in [6.07, 6.45) is 2.74. The number of fused-ring (bicyclic) bond motifs is 1. The van der Waals surface area contributed by atoms with Crippen LogP contribution in [0.25, 0.3) is 5.57 Å². The fraction of sp³-hybridized carbons (Fsp3) is 0.407. The molecule has 0 bridgehead atoms. The highest BCUT2D eigenvalue weighted by Gasteiger charge is 2.32. The maximum absolute atomic E-state index is 13.2. The van der Waals surface area contributed by atoms with Crippen molar-refractivity contribution in [3.05, 3.63) is 64.7 Å². The van der Waals surface area contributed by atoms with E-state index in [1.54, 1.807) is 29.0 Å². The number of carbonyl (C=O) groups is 2. The van der Waals surface area contributed by atoms with E-state index >= 15 is 0 Å². The molecule has 37 heavy (non-hydrogen) atoms. The van der Waals surface area contributed by atoms with E-state index in [1.807, 2.05) is 39.0 Å². The Morgan fingerprint density at radius 2 is 1.86 bits per heavy atom. The minimum atomic E-state index is -3.29. The van der Waals surface area contributed by atoms with Crippen LogP contribution in [-0.2, 0) is 13.1 Å². The van der Waals surface area contributed by atoms with Crippen LogP contribution in [-0.4, -0.2) is 51.6 Å². The Morgan fingerprint density at radius 1 is 1.16 bits per heavy atom. The summed E-state index contributed by atoms with van der Waals surface area (Å²) in [5, 5.41) is 2.99. The number of urea groups is 1. The van der Waals surface area contributed by atoms with Crippen molar-refractivity contribution in [2.45, 2.75) is 49.9 Å². The van der Waals surface area contributed by atoms with Crippen molar-refractivity contribution >= 4 is 40.1 Å². The lowest BCUT2D eigenvalue weighted by atomic mass is 9.95. The van der Waals surface area contributed by atoms with Gasteiger partial charge in [0.25, 0.3) is 5.91 Å². The van der Waals surface area contributed by atoms with Crippen molar-refractivity contribution in [1.82, 2.24) is 15.1 Å². The van der Waals surface area contributed by atoms with Gasteiger partial charge in [0, 0.05) is 31.7 Å². The van der Waals surface area contributed by atoms with Crippen molar-refractivity contribution < 1.29 is 27.8 Å². The minimum Gasteiger partial charge on any atom is -0.496 e. The van der Waals surface area contributed by atoms with Crippen molar-refractivity contribution in [2.24, 2.45) is 0 Å². The second kappa shape index (κ2) is 10.5. The normalized spacial score (nSPS) is 15.9. The van der Waals surface area contributed by atoms with E-state index in [2.05, 4.69) is 10.1 Å². The third-order valence-corrected chi connectivity index (χ3v) is 6.37. The SMILES string of the molecule is COc1cc(C2=CCN(C(=O)NC(C)(C)C)CC2)cc2c1C(=O)N(Cc1ccc(OC(F)(F)I)cc1)C2. The standard InChI is InChI=1S/C27H30F2IN3O4/c1-26(2,3)31-25(35)32-11-9-18(10-12-32)19-13-20-16-33(24(34)23(20)22(14-19)36-4)15-17-5-7-21(8-6-17)37-27(28,29)30/h5-9,13-14H,10-12,15-16H2,1-4H3,(H,31,35). The molecular formula is C27H30F2IN3O4. The Morgan fingerprint density at radius 3 is 2.43 bits per heavy atom. The number of amides is 3. The Kier molecular flexibility index (Phi) is 7.68. The van der Waals surface area contributed by atoms with Crippen LogP contribution in [0.3, 0.4) is 0 Å². The number of hydrogen-bond donors (Lipinski definition) is 1. The molecule has 10 heteroatoms. The van der Waals surface area contributed by atoms with Gasteiger partial charge in [0.05, 0.1) is 35.3 Å². The second-order valence-corrected chi connectivity index (χ2v) is 11.4. The number of ether oxygens (including phenoxy) is 2. The molecule has 0 spiro atoms. The predicted molar refractivity (Wildman–Crippen MR) is 145 cm³/mol. The molecule has 4 rings (SSSR count). The van der Waals surface area contributed by atoms with E-state index < -0.39 is 4.12 Å². The molecule has 2 aliphatic heterocycles. The predicted octanol–water partition coefficient (Wildman–Crippen LogP) is 5.81. The molecule has 2 heterocycles. The Hall–Kier alpha value is -2.89. The van der Waals surface area contributed by atoms with E-state index in [0.717, 1.165) is 44.9 Å². The molecule has 2 aromatic carbocycles. The highest BCUT2D eigenvalue weighted by molar-refractivity contribution is 14.1. The number of halogens is 3. The van der Waals surface area contributed by atoms with Gasteiger partial charge in [-0.1, -0.05) is 18.2 Å². The van der Waals surface area contributed by atoms with Crippen molar-refractivity contribution in [2.75, 3.05) is 20.2 Å². The van der Waals surface area contributed by atoms with E-state index in [4.69, 9.17) is 4.74 Å². The highest BCUT2D eigenvalue weighted by Crippen LogP contribution is 2.37. The van der Waals surface area contributed by atoms with Gasteiger partial charge in [-0.2, -0.15) is 8.78 Å². The molecule has 198 valence electrons. The Labute approximate surface area is 228 Å². The van der Waals surface area contributed by atoms with Crippen molar-refractivity contribution in [1.29, 1.82) is 0 Å². The maximum atomic E-state index is 13.2. The van der Waals surface area contributed by atoms with Gasteiger partial charge in [0.2, 0.25) is 0 Å². The zero-order valence-corrected chi connectivity index (χ0v) is 23.4. The van der Waals surface area contributed by atoms with Gasteiger partial charge < -0.3 is 24.6 Å². The van der Waals surface area contributed by atoms with Crippen LogP contribution >= 0.6 is 22.6 Å². The monoisotopic (exact) mass is 625 g/mol. The summed E-state index contributed by atoms with van der Waals surface area (Å²) in [7, 11) is 1.55. The largest absolute Gasteiger partial charge is 0.496 e. The summed E-state index contributed by atoms with van der Waals surface area (Å²) in [5.41, 5.74) is 3.99. The topological polar surface area (TPSA) is 71.1 Å². The first-order valence-corrected chi connectivity index (χ1v) is 13.0. The zero-order valence-electron chi connectivity index (χ0n) is 21.2. The summed E-state index contributed by atoms with van der Waals surface area (Å²) in [4.78, 5) is 29.2. The number of nitrogens with one attached hydrogen (secondary N) is 1. The van der Waals surface area contributed by atoms with E-state index in [1.165, 1.54) is 12.1 Å². The number of nitrogens with zero attached hydrogens (tertiary/aromatic N) is 2. The fourth-order valence-electron chi connectivity index (χ4n) is 4.48. The quantitative estimate of drug-likeness (QED) is 0.325. The summed E-state index contributed by atoms with van der Waals surface area (Å²) < 4.78 is 33.0. The van der Waals surface area contributed by atoms with E-state index in [-0.39, 0.29) is 23.2 Å². The molecule has 2 aliphatic rings. The molecule has 0 aromatic heterocycles. The first kappa shape index (κ1) is 27.2. The third-order valence-electron chi connectivity index (χ3n) is 6.15. The summed E-state index contributed by atoms with van der Waals surface area (Å²) in [6, 6.07) is 10.1. The first-order chi connectivity index (χ1) is 17.3. The van der Waals surface area contributed by atoms with Crippen LogP contribution in [0.1, 0.15) is 54.2 Å². The van der Waals surface area contributed by atoms with Crippen LogP contribution < -0.4 is 14.8 Å². The first-order valence-electron chi connectivity index (χ1n) is 11.9. The molecule has 0 saturated carbocycles. The number of rotatable bonds is 6. The Balaban J connectivity index is 1.48. The highest BCUT2D eigenvalue weighted by atomic mass is 127. The van der Waals surface area contributed by atoms with Gasteiger partial charge in [-0.25, -0.2) is 4.79 Å². The molecule has 1 N–H and O–H groups in total. The summed E-state index contributed by atoms with van der Waals surface area (Å²) in [5.74, 6) is 0.433. The number of hydrogen-bond acceptors (Lipinski definition) is 4. The van der Waals surface area contributed by atoms with Gasteiger partial charge in [0.15, 0.2) is 0 Å². The van der Waals surface area contributed by atoms with Gasteiger partial charge in [0.1, 0.15) is 11.5 Å². The molecule has 7 nitrogen and oxygen atoms in total. The van der Waals surface area contributed by atoms with Crippen molar-refractivity contribution in [3.8, 4) is 11.5 Å². The molecule has 3 amide bonds. The number of alkyl halides is 3. The number of methoxy groups -OCH3 is 1. The van der Waals surface area contributed by atoms with Gasteiger partial charge >= 0.3 is 10.1 Å². The molecule has 0 fully saturated rings.